The Morgan fingerprint density at radius 3 is 3.09 bits per heavy atom. The van der Waals surface area contributed by atoms with E-state index in [1.807, 2.05) is 0 Å². The van der Waals surface area contributed by atoms with Gasteiger partial charge in [-0.1, -0.05) is 5.21 Å². The number of nitrogens with zero attached hydrogens (tertiary/aromatic N) is 5. The molecule has 0 saturated carbocycles. The number of aromatic amines is 1. The van der Waals surface area contributed by atoms with Crippen molar-refractivity contribution in [2.75, 3.05) is 18.4 Å². The summed E-state index contributed by atoms with van der Waals surface area (Å²) >= 11 is 1.24. The lowest BCUT2D eigenvalue weighted by Gasteiger charge is -2.30. The Labute approximate surface area is 130 Å². The summed E-state index contributed by atoms with van der Waals surface area (Å²) in [5, 5.41) is 18.7. The maximum Gasteiger partial charge on any atom is 0.273 e. The van der Waals surface area contributed by atoms with Gasteiger partial charge in [0.2, 0.25) is 5.91 Å². The molecular formula is C12H15N7O2S. The van der Waals surface area contributed by atoms with Crippen LogP contribution in [0.4, 0.5) is 5.13 Å². The number of thiazole rings is 1. The molecule has 2 aromatic rings. The smallest absolute Gasteiger partial charge is 0.273 e. The van der Waals surface area contributed by atoms with Crippen molar-refractivity contribution >= 4 is 28.3 Å². The summed E-state index contributed by atoms with van der Waals surface area (Å²) in [4.78, 5) is 29.4. The number of tetrazole rings is 1. The zero-order valence-electron chi connectivity index (χ0n) is 11.9. The summed E-state index contributed by atoms with van der Waals surface area (Å²) < 4.78 is 0. The van der Waals surface area contributed by atoms with Crippen LogP contribution in [0.15, 0.2) is 5.38 Å². The van der Waals surface area contributed by atoms with Crippen LogP contribution in [-0.4, -0.2) is 55.4 Å². The van der Waals surface area contributed by atoms with Crippen LogP contribution in [0, 0.1) is 0 Å². The lowest BCUT2D eigenvalue weighted by molar-refractivity contribution is -0.114. The predicted molar refractivity (Wildman–Crippen MR) is 78.5 cm³/mol. The van der Waals surface area contributed by atoms with Gasteiger partial charge in [-0.3, -0.25) is 9.59 Å². The molecule has 1 unspecified atom stereocenters. The number of hydrogen-bond donors (Lipinski definition) is 2. The summed E-state index contributed by atoms with van der Waals surface area (Å²) in [7, 11) is 0. The zero-order valence-corrected chi connectivity index (χ0v) is 12.8. The molecule has 3 heterocycles. The molecule has 0 aromatic carbocycles. The van der Waals surface area contributed by atoms with Crippen LogP contribution in [0.5, 0.6) is 0 Å². The Kier molecular flexibility index (Phi) is 4.09. The number of anilines is 1. The number of H-pyrrole nitrogens is 1. The first-order valence-corrected chi connectivity index (χ1v) is 7.77. The molecule has 10 heteroatoms. The van der Waals surface area contributed by atoms with E-state index in [2.05, 4.69) is 30.9 Å². The molecule has 2 N–H and O–H groups in total. The van der Waals surface area contributed by atoms with Gasteiger partial charge in [-0.15, -0.1) is 21.5 Å². The SMILES string of the molecule is CC(=O)Nc1nc(C(=O)N2CCCC(c3nn[nH]n3)C2)cs1. The molecule has 0 spiro atoms. The molecule has 3 rings (SSSR count). The number of carbonyl (C=O) groups excluding carboxylic acids is 2. The monoisotopic (exact) mass is 321 g/mol. The van der Waals surface area contributed by atoms with E-state index in [4.69, 9.17) is 0 Å². The number of carbonyl (C=O) groups is 2. The third-order valence-electron chi connectivity index (χ3n) is 3.44. The zero-order chi connectivity index (χ0) is 15.5. The van der Waals surface area contributed by atoms with E-state index in [1.54, 1.807) is 10.3 Å². The minimum absolute atomic E-state index is 0.0879. The first kappa shape index (κ1) is 14.6. The van der Waals surface area contributed by atoms with Crippen LogP contribution in [-0.2, 0) is 4.79 Å². The topological polar surface area (TPSA) is 117 Å². The average molecular weight is 321 g/mol. The predicted octanol–water partition coefficient (Wildman–Crippen LogP) is 0.634. The molecule has 0 bridgehead atoms. The molecule has 1 fully saturated rings. The average Bonchev–Trinajstić information content (AvgIpc) is 3.17. The fraction of sp³-hybridized carbons (Fsp3) is 0.500. The first-order chi connectivity index (χ1) is 10.6. The molecule has 0 aliphatic carbocycles. The van der Waals surface area contributed by atoms with Crippen molar-refractivity contribution < 1.29 is 9.59 Å². The number of likely N-dealkylation sites (tertiary alicyclic amines) is 1. The number of amides is 2. The summed E-state index contributed by atoms with van der Waals surface area (Å²) in [5.74, 6) is 0.379. The van der Waals surface area contributed by atoms with Gasteiger partial charge in [0, 0.05) is 31.3 Å². The number of rotatable bonds is 3. The fourth-order valence-corrected chi connectivity index (χ4v) is 3.19. The Morgan fingerprint density at radius 1 is 1.50 bits per heavy atom. The van der Waals surface area contributed by atoms with E-state index >= 15 is 0 Å². The van der Waals surface area contributed by atoms with Gasteiger partial charge in [-0.05, 0) is 12.8 Å². The van der Waals surface area contributed by atoms with Gasteiger partial charge in [0.15, 0.2) is 11.0 Å². The Bertz CT molecular complexity index is 669. The first-order valence-electron chi connectivity index (χ1n) is 6.89. The van der Waals surface area contributed by atoms with Crippen molar-refractivity contribution in [3.63, 3.8) is 0 Å². The van der Waals surface area contributed by atoms with Gasteiger partial charge >= 0.3 is 0 Å². The maximum atomic E-state index is 12.5. The molecule has 1 aliphatic rings. The summed E-state index contributed by atoms with van der Waals surface area (Å²) in [6.07, 6.45) is 1.81. The molecule has 1 atom stereocenters. The van der Waals surface area contributed by atoms with E-state index in [-0.39, 0.29) is 17.7 Å². The van der Waals surface area contributed by atoms with Crippen LogP contribution in [0.1, 0.15) is 42.0 Å². The number of aromatic nitrogens is 5. The highest BCUT2D eigenvalue weighted by Crippen LogP contribution is 2.25. The fourth-order valence-electron chi connectivity index (χ4n) is 2.46. The van der Waals surface area contributed by atoms with E-state index in [0.717, 1.165) is 12.8 Å². The van der Waals surface area contributed by atoms with E-state index in [1.165, 1.54) is 18.3 Å². The second-order valence-corrected chi connectivity index (χ2v) is 5.94. The Hall–Kier alpha value is -2.36. The maximum absolute atomic E-state index is 12.5. The summed E-state index contributed by atoms with van der Waals surface area (Å²) in [6.45, 7) is 2.63. The third kappa shape index (κ3) is 3.11. The minimum Gasteiger partial charge on any atom is -0.337 e. The van der Waals surface area contributed by atoms with Gasteiger partial charge in [0.25, 0.3) is 5.91 Å². The normalized spacial score (nSPS) is 18.2. The highest BCUT2D eigenvalue weighted by molar-refractivity contribution is 7.14. The van der Waals surface area contributed by atoms with Crippen LogP contribution in [0.2, 0.25) is 0 Å². The van der Waals surface area contributed by atoms with Crippen molar-refractivity contribution in [1.82, 2.24) is 30.5 Å². The van der Waals surface area contributed by atoms with E-state index < -0.39 is 0 Å². The molecule has 1 aliphatic heterocycles. The number of nitrogens with one attached hydrogen (secondary N) is 2. The Balaban J connectivity index is 1.69. The van der Waals surface area contributed by atoms with Crippen LogP contribution < -0.4 is 5.32 Å². The Morgan fingerprint density at radius 2 is 2.36 bits per heavy atom. The van der Waals surface area contributed by atoms with Crippen molar-refractivity contribution in [2.45, 2.75) is 25.7 Å². The molecular weight excluding hydrogens is 306 g/mol. The standard InChI is InChI=1S/C12H15N7O2S/c1-7(20)13-12-14-9(6-22-12)11(21)19-4-2-3-8(5-19)10-15-17-18-16-10/h6,8H,2-5H2,1H3,(H,13,14,20)(H,15,16,17,18). The molecule has 0 radical (unpaired) electrons. The molecule has 9 nitrogen and oxygen atoms in total. The molecule has 2 amide bonds. The molecule has 116 valence electrons. The molecule has 2 aromatic heterocycles. The van der Waals surface area contributed by atoms with Crippen molar-refractivity contribution in [2.24, 2.45) is 0 Å². The quantitative estimate of drug-likeness (QED) is 0.856. The molecule has 22 heavy (non-hydrogen) atoms. The number of hydrogen-bond acceptors (Lipinski definition) is 7. The van der Waals surface area contributed by atoms with Gasteiger partial charge < -0.3 is 10.2 Å². The third-order valence-corrected chi connectivity index (χ3v) is 4.20. The lowest BCUT2D eigenvalue weighted by Crippen LogP contribution is -2.39. The van der Waals surface area contributed by atoms with Crippen molar-refractivity contribution in [1.29, 1.82) is 0 Å². The lowest BCUT2D eigenvalue weighted by atomic mass is 9.97. The second kappa shape index (κ2) is 6.18. The van der Waals surface area contributed by atoms with Crippen LogP contribution in [0.25, 0.3) is 0 Å². The van der Waals surface area contributed by atoms with Gasteiger partial charge in [-0.2, -0.15) is 5.21 Å². The summed E-state index contributed by atoms with van der Waals surface area (Å²) in [5.41, 5.74) is 0.350. The second-order valence-electron chi connectivity index (χ2n) is 5.08. The van der Waals surface area contributed by atoms with E-state index in [9.17, 15) is 9.59 Å². The highest BCUT2D eigenvalue weighted by atomic mass is 32.1. The van der Waals surface area contributed by atoms with Gasteiger partial charge in [0.1, 0.15) is 5.69 Å². The number of piperidine rings is 1. The van der Waals surface area contributed by atoms with Crippen molar-refractivity contribution in [3.05, 3.63) is 16.9 Å². The minimum atomic E-state index is -0.205. The van der Waals surface area contributed by atoms with Gasteiger partial charge in [-0.25, -0.2) is 4.98 Å². The van der Waals surface area contributed by atoms with Crippen LogP contribution in [0.3, 0.4) is 0 Å². The highest BCUT2D eigenvalue weighted by Gasteiger charge is 2.28. The summed E-state index contributed by atoms with van der Waals surface area (Å²) in [6, 6.07) is 0. The van der Waals surface area contributed by atoms with E-state index in [0.29, 0.717) is 29.7 Å². The molecule has 1 saturated heterocycles. The van der Waals surface area contributed by atoms with Gasteiger partial charge in [0.05, 0.1) is 0 Å². The van der Waals surface area contributed by atoms with Crippen LogP contribution >= 0.6 is 11.3 Å². The largest absolute Gasteiger partial charge is 0.337 e. The van der Waals surface area contributed by atoms with Crippen molar-refractivity contribution in [3.8, 4) is 0 Å².